The molecule has 11 nitrogen and oxygen atoms in total. The zero-order valence-corrected chi connectivity index (χ0v) is 23.8. The summed E-state index contributed by atoms with van der Waals surface area (Å²) in [5, 5.41) is 32.2. The molecule has 4 rings (SSSR count). The van der Waals surface area contributed by atoms with Crippen LogP contribution in [0.15, 0.2) is 78.9 Å². The summed E-state index contributed by atoms with van der Waals surface area (Å²) < 4.78 is 27.4. The molecular formula is C32H37NO10. The van der Waals surface area contributed by atoms with Crippen molar-refractivity contribution >= 4 is 11.9 Å². The van der Waals surface area contributed by atoms with Gasteiger partial charge < -0.3 is 44.3 Å². The van der Waals surface area contributed by atoms with Crippen molar-refractivity contribution in [1.82, 2.24) is 5.32 Å². The van der Waals surface area contributed by atoms with E-state index in [1.807, 2.05) is 60.7 Å². The van der Waals surface area contributed by atoms with Crippen LogP contribution in [0.1, 0.15) is 22.8 Å². The fourth-order valence-corrected chi connectivity index (χ4v) is 4.34. The first-order valence-electron chi connectivity index (χ1n) is 14.0. The minimum absolute atomic E-state index is 0.0716. The van der Waals surface area contributed by atoms with Gasteiger partial charge in [0.2, 0.25) is 0 Å². The molecule has 230 valence electrons. The van der Waals surface area contributed by atoms with Gasteiger partial charge in [0.25, 0.3) is 5.91 Å². The van der Waals surface area contributed by atoms with Crippen LogP contribution in [-0.4, -0.2) is 90.9 Å². The summed E-state index contributed by atoms with van der Waals surface area (Å²) in [5.74, 6) is -0.543. The largest absolute Gasteiger partial charge is 0.484 e. The topological polar surface area (TPSA) is 153 Å². The molecule has 11 heteroatoms. The van der Waals surface area contributed by atoms with Crippen LogP contribution in [0.5, 0.6) is 5.75 Å². The van der Waals surface area contributed by atoms with Crippen LogP contribution in [0.3, 0.4) is 0 Å². The summed E-state index contributed by atoms with van der Waals surface area (Å²) in [6.45, 7) is 2.06. The number of amides is 1. The summed E-state index contributed by atoms with van der Waals surface area (Å²) >= 11 is 0. The Morgan fingerprint density at radius 1 is 0.837 bits per heavy atom. The maximum Gasteiger partial charge on any atom is 0.338 e. The lowest BCUT2D eigenvalue weighted by molar-refractivity contribution is -0.294. The summed E-state index contributed by atoms with van der Waals surface area (Å²) in [5.41, 5.74) is 2.79. The molecule has 3 aromatic rings. The molecule has 0 aliphatic carbocycles. The third kappa shape index (κ3) is 9.58. The van der Waals surface area contributed by atoms with Gasteiger partial charge in [-0.15, -0.1) is 0 Å². The van der Waals surface area contributed by atoms with Gasteiger partial charge in [-0.3, -0.25) is 4.79 Å². The second-order valence-corrected chi connectivity index (χ2v) is 9.98. The Hall–Kier alpha value is -3.84. The number of nitrogens with one attached hydrogen (secondary N) is 1. The Bertz CT molecular complexity index is 1310. The van der Waals surface area contributed by atoms with E-state index in [-0.39, 0.29) is 45.5 Å². The Labute approximate surface area is 249 Å². The van der Waals surface area contributed by atoms with E-state index in [2.05, 4.69) is 5.32 Å². The number of aliphatic hydroxyl groups is 3. The van der Waals surface area contributed by atoms with Crippen molar-refractivity contribution in [2.75, 3.05) is 33.0 Å². The highest BCUT2D eigenvalue weighted by Crippen LogP contribution is 2.27. The number of hydrogen-bond donors (Lipinski definition) is 4. The van der Waals surface area contributed by atoms with Crippen molar-refractivity contribution < 1.29 is 48.6 Å². The van der Waals surface area contributed by atoms with Crippen molar-refractivity contribution in [3.05, 3.63) is 90.0 Å². The monoisotopic (exact) mass is 595 g/mol. The van der Waals surface area contributed by atoms with Gasteiger partial charge >= 0.3 is 5.97 Å². The first-order valence-corrected chi connectivity index (χ1v) is 14.0. The summed E-state index contributed by atoms with van der Waals surface area (Å²) in [6.07, 6.45) is -5.72. The number of esters is 1. The molecule has 1 amide bonds. The normalized spacial score (nSPS) is 21.6. The van der Waals surface area contributed by atoms with Crippen LogP contribution in [0.4, 0.5) is 0 Å². The van der Waals surface area contributed by atoms with Crippen molar-refractivity contribution in [3.63, 3.8) is 0 Å². The fraction of sp³-hybridized carbons (Fsp3) is 0.375. The third-order valence-electron chi connectivity index (χ3n) is 6.72. The summed E-state index contributed by atoms with van der Waals surface area (Å²) in [7, 11) is 0. The quantitative estimate of drug-likeness (QED) is 0.161. The predicted octanol–water partition coefficient (Wildman–Crippen LogP) is 2.07. The van der Waals surface area contributed by atoms with Crippen LogP contribution in [-0.2, 0) is 30.3 Å². The van der Waals surface area contributed by atoms with Crippen LogP contribution in [0.25, 0.3) is 11.1 Å². The fourth-order valence-electron chi connectivity index (χ4n) is 4.34. The molecule has 0 spiro atoms. The van der Waals surface area contributed by atoms with E-state index in [1.165, 1.54) is 0 Å². The maximum atomic E-state index is 12.9. The second kappa shape index (κ2) is 16.1. The molecule has 43 heavy (non-hydrogen) atoms. The molecule has 0 aromatic heterocycles. The van der Waals surface area contributed by atoms with E-state index in [4.69, 9.17) is 23.7 Å². The highest BCUT2D eigenvalue weighted by Gasteiger charge is 2.42. The van der Waals surface area contributed by atoms with Gasteiger partial charge in [0.05, 0.1) is 31.5 Å². The first-order chi connectivity index (χ1) is 20.8. The predicted molar refractivity (Wildman–Crippen MR) is 155 cm³/mol. The lowest BCUT2D eigenvalue weighted by Crippen LogP contribution is -2.57. The minimum Gasteiger partial charge on any atom is -0.484 e. The van der Waals surface area contributed by atoms with Crippen LogP contribution in [0.2, 0.25) is 0 Å². The molecule has 0 radical (unpaired) electrons. The molecule has 1 saturated heterocycles. The summed E-state index contributed by atoms with van der Waals surface area (Å²) in [6, 6.07) is 23.9. The van der Waals surface area contributed by atoms with Gasteiger partial charge in [-0.2, -0.15) is 0 Å². The lowest BCUT2D eigenvalue weighted by atomic mass is 10.0. The molecule has 0 bridgehead atoms. The van der Waals surface area contributed by atoms with Crippen molar-refractivity contribution in [2.24, 2.45) is 0 Å². The summed E-state index contributed by atoms with van der Waals surface area (Å²) in [4.78, 5) is 25.2. The minimum atomic E-state index is -1.38. The Kier molecular flexibility index (Phi) is 12.0. The van der Waals surface area contributed by atoms with Gasteiger partial charge in [0.15, 0.2) is 12.9 Å². The number of rotatable bonds is 14. The maximum absolute atomic E-state index is 12.9. The van der Waals surface area contributed by atoms with Crippen LogP contribution >= 0.6 is 0 Å². The molecule has 1 aliphatic heterocycles. The molecule has 0 saturated carbocycles. The van der Waals surface area contributed by atoms with E-state index in [0.717, 1.165) is 16.7 Å². The number of hydrogen-bond acceptors (Lipinski definition) is 10. The smallest absolute Gasteiger partial charge is 0.338 e. The highest BCUT2D eigenvalue weighted by molar-refractivity contribution is 5.92. The van der Waals surface area contributed by atoms with Crippen LogP contribution in [0, 0.1) is 0 Å². The molecule has 3 aromatic carbocycles. The number of benzene rings is 3. The number of ether oxygens (including phenoxy) is 5. The molecule has 1 heterocycles. The highest BCUT2D eigenvalue weighted by atomic mass is 16.7. The lowest BCUT2D eigenvalue weighted by Gasteiger charge is -2.38. The van der Waals surface area contributed by atoms with Crippen molar-refractivity contribution in [3.8, 4) is 16.9 Å². The average Bonchev–Trinajstić information content (AvgIpc) is 3.04. The molecule has 1 fully saturated rings. The van der Waals surface area contributed by atoms with Gasteiger partial charge in [-0.25, -0.2) is 4.79 Å². The van der Waals surface area contributed by atoms with Crippen LogP contribution < -0.4 is 10.1 Å². The number of aliphatic hydroxyl groups excluding tert-OH is 3. The molecule has 1 aliphatic rings. The second-order valence-electron chi connectivity index (χ2n) is 9.98. The molecule has 0 unspecified atom stereocenters. The zero-order chi connectivity index (χ0) is 30.6. The Balaban J connectivity index is 1.21. The first kappa shape index (κ1) is 32.1. The van der Waals surface area contributed by atoms with E-state index in [0.29, 0.717) is 11.3 Å². The molecular weight excluding hydrogens is 558 g/mol. The number of carbonyl (C=O) groups is 2. The van der Waals surface area contributed by atoms with E-state index in [1.54, 1.807) is 25.1 Å². The van der Waals surface area contributed by atoms with Crippen molar-refractivity contribution in [2.45, 2.75) is 44.2 Å². The van der Waals surface area contributed by atoms with Crippen molar-refractivity contribution in [1.29, 1.82) is 0 Å². The standard InChI is InChI=1S/C32H37NO10/c1-21-28(35)29(36)30(37)32(43-21)40-15-14-39-13-12-33-27(34)20-41-26-17-24(23-10-6-3-7-11-23)16-25(18-26)31(38)42-19-22-8-4-2-5-9-22/h2-11,16-18,21,28-30,32,35-37H,12-15,19-20H2,1H3,(H,33,34)/t21-,28-,29+,30+,32+/m0/s1. The van der Waals surface area contributed by atoms with E-state index >= 15 is 0 Å². The van der Waals surface area contributed by atoms with E-state index < -0.39 is 36.7 Å². The van der Waals surface area contributed by atoms with E-state index in [9.17, 15) is 24.9 Å². The molecule has 4 N–H and O–H groups in total. The van der Waals surface area contributed by atoms with Gasteiger partial charge in [0.1, 0.15) is 30.7 Å². The van der Waals surface area contributed by atoms with Gasteiger partial charge in [0, 0.05) is 6.54 Å². The SMILES string of the molecule is C[C@@H]1O[C@@H](OCCOCCNC(=O)COc2cc(C(=O)OCc3ccccc3)cc(-c3ccccc3)c2)[C@H](O)[C@H](O)[C@H]1O. The average molecular weight is 596 g/mol. The zero-order valence-electron chi connectivity index (χ0n) is 23.8. The Morgan fingerprint density at radius 2 is 1.56 bits per heavy atom. The third-order valence-corrected chi connectivity index (χ3v) is 6.72. The number of carbonyl (C=O) groups excluding carboxylic acids is 2. The Morgan fingerprint density at radius 3 is 2.30 bits per heavy atom. The van der Waals surface area contributed by atoms with Gasteiger partial charge in [-0.1, -0.05) is 60.7 Å². The molecule has 5 atom stereocenters. The van der Waals surface area contributed by atoms with Gasteiger partial charge in [-0.05, 0) is 41.8 Å².